The normalized spacial score (nSPS) is 13.3. The molecular formula is C6H10Cl3O2P. The molecule has 0 spiro atoms. The molecule has 0 aromatic rings. The van der Waals surface area contributed by atoms with Gasteiger partial charge in [-0.05, 0) is 22.5 Å². The van der Waals surface area contributed by atoms with Crippen LogP contribution < -0.4 is 0 Å². The highest BCUT2D eigenvalue weighted by Crippen LogP contribution is 2.47. The van der Waals surface area contributed by atoms with Gasteiger partial charge < -0.3 is 9.26 Å². The molecule has 0 aliphatic heterocycles. The van der Waals surface area contributed by atoms with E-state index in [2.05, 4.69) is 6.58 Å². The van der Waals surface area contributed by atoms with Crippen LogP contribution in [-0.4, -0.2) is 25.2 Å². The molecule has 0 saturated heterocycles. The maximum absolute atomic E-state index is 5.77. The Morgan fingerprint density at radius 2 is 2.08 bits per heavy atom. The number of hydrogen-bond donors (Lipinski definition) is 0. The average molecular weight is 251 g/mol. The van der Waals surface area contributed by atoms with Gasteiger partial charge in [-0.25, -0.2) is 0 Å². The van der Waals surface area contributed by atoms with Gasteiger partial charge in [-0.1, -0.05) is 6.08 Å². The van der Waals surface area contributed by atoms with Crippen molar-refractivity contribution >= 4 is 40.9 Å². The van der Waals surface area contributed by atoms with Crippen LogP contribution in [0.15, 0.2) is 12.7 Å². The quantitative estimate of drug-likeness (QED) is 0.298. The van der Waals surface area contributed by atoms with Gasteiger partial charge in [0.05, 0.1) is 25.2 Å². The van der Waals surface area contributed by atoms with Crippen molar-refractivity contribution in [3.8, 4) is 0 Å². The number of alkyl halides is 1. The number of halogens is 3. The van der Waals surface area contributed by atoms with E-state index in [1.165, 1.54) is 0 Å². The molecule has 1 atom stereocenters. The van der Waals surface area contributed by atoms with Crippen LogP contribution in [0, 0.1) is 0 Å². The topological polar surface area (TPSA) is 18.5 Å². The minimum Gasteiger partial charge on any atom is -0.376 e. The fourth-order valence-corrected chi connectivity index (χ4v) is 1.34. The summed E-state index contributed by atoms with van der Waals surface area (Å²) < 4.78 is 9.96. The maximum atomic E-state index is 5.77. The first-order chi connectivity index (χ1) is 5.66. The van der Waals surface area contributed by atoms with Crippen molar-refractivity contribution in [2.24, 2.45) is 0 Å². The van der Waals surface area contributed by atoms with E-state index in [0.717, 1.165) is 0 Å². The van der Waals surface area contributed by atoms with E-state index in [0.29, 0.717) is 19.8 Å². The molecule has 0 radical (unpaired) electrons. The summed E-state index contributed by atoms with van der Waals surface area (Å²) in [7, 11) is 0. The van der Waals surface area contributed by atoms with Crippen LogP contribution >= 0.6 is 40.9 Å². The van der Waals surface area contributed by atoms with Crippen LogP contribution in [-0.2, 0) is 9.26 Å². The van der Waals surface area contributed by atoms with Crippen molar-refractivity contribution in [2.45, 2.75) is 5.38 Å². The van der Waals surface area contributed by atoms with Crippen LogP contribution in [0.4, 0.5) is 0 Å². The maximum Gasteiger partial charge on any atom is 0.225 e. The standard InChI is InChI=1S/C6H10Cl3O2P/c1-2-3-10-4-6(7)5-11-12(8)9/h2,6H,1,3-5H2. The minimum absolute atomic E-state index is 0.215. The highest BCUT2D eigenvalue weighted by atomic mass is 35.9. The van der Waals surface area contributed by atoms with E-state index >= 15 is 0 Å². The molecule has 72 valence electrons. The second kappa shape index (κ2) is 8.55. The predicted molar refractivity (Wildman–Crippen MR) is 55.2 cm³/mol. The van der Waals surface area contributed by atoms with Gasteiger partial charge >= 0.3 is 0 Å². The van der Waals surface area contributed by atoms with Crippen molar-refractivity contribution < 1.29 is 9.26 Å². The lowest BCUT2D eigenvalue weighted by atomic mass is 10.5. The highest BCUT2D eigenvalue weighted by Gasteiger charge is 2.07. The molecule has 0 rings (SSSR count). The van der Waals surface area contributed by atoms with Crippen molar-refractivity contribution in [1.82, 2.24) is 0 Å². The Balaban J connectivity index is 3.21. The van der Waals surface area contributed by atoms with Crippen LogP contribution in [0.25, 0.3) is 0 Å². The second-order valence-corrected chi connectivity index (χ2v) is 5.56. The van der Waals surface area contributed by atoms with Gasteiger partial charge in [0.2, 0.25) is 6.85 Å². The largest absolute Gasteiger partial charge is 0.376 e. The lowest BCUT2D eigenvalue weighted by molar-refractivity contribution is 0.149. The van der Waals surface area contributed by atoms with E-state index in [4.69, 9.17) is 43.3 Å². The Kier molecular flexibility index (Phi) is 9.24. The highest BCUT2D eigenvalue weighted by molar-refractivity contribution is 8.00. The van der Waals surface area contributed by atoms with Gasteiger partial charge in [0, 0.05) is 0 Å². The Bertz CT molecular complexity index is 123. The SMILES string of the molecule is C=CCOCC(Cl)COP(Cl)Cl. The molecule has 0 heterocycles. The molecular weight excluding hydrogens is 241 g/mol. The molecule has 0 bridgehead atoms. The number of ether oxygens (including phenoxy) is 1. The van der Waals surface area contributed by atoms with Gasteiger partial charge in [0.1, 0.15) is 0 Å². The van der Waals surface area contributed by atoms with Crippen LogP contribution in [0.2, 0.25) is 0 Å². The fraction of sp³-hybridized carbons (Fsp3) is 0.667. The third-order valence-electron chi connectivity index (χ3n) is 0.887. The van der Waals surface area contributed by atoms with Crippen LogP contribution in [0.3, 0.4) is 0 Å². The summed E-state index contributed by atoms with van der Waals surface area (Å²) >= 11 is 16.5. The summed E-state index contributed by atoms with van der Waals surface area (Å²) in [5.74, 6) is 0. The molecule has 0 aromatic carbocycles. The Morgan fingerprint density at radius 3 is 2.58 bits per heavy atom. The molecule has 1 unspecified atom stereocenters. The monoisotopic (exact) mass is 250 g/mol. The second-order valence-electron chi connectivity index (χ2n) is 1.92. The molecule has 12 heavy (non-hydrogen) atoms. The first-order valence-corrected chi connectivity index (χ1v) is 6.74. The Morgan fingerprint density at radius 1 is 1.42 bits per heavy atom. The zero-order valence-corrected chi connectivity index (χ0v) is 9.54. The van der Waals surface area contributed by atoms with Gasteiger partial charge in [0.25, 0.3) is 0 Å². The van der Waals surface area contributed by atoms with Crippen LogP contribution in [0.1, 0.15) is 0 Å². The third kappa shape index (κ3) is 9.05. The molecule has 2 nitrogen and oxygen atoms in total. The van der Waals surface area contributed by atoms with E-state index in [1.807, 2.05) is 0 Å². The summed E-state index contributed by atoms with van der Waals surface area (Å²) in [6, 6.07) is 0. The zero-order valence-electron chi connectivity index (χ0n) is 6.38. The molecule has 0 saturated carbocycles. The summed E-state index contributed by atoms with van der Waals surface area (Å²) in [6.07, 6.45) is 1.65. The molecule has 6 heteroatoms. The Labute approximate surface area is 88.2 Å². The van der Waals surface area contributed by atoms with Crippen molar-refractivity contribution in [3.05, 3.63) is 12.7 Å². The van der Waals surface area contributed by atoms with E-state index in [9.17, 15) is 0 Å². The summed E-state index contributed by atoms with van der Waals surface area (Å²) in [5, 5.41) is -0.215. The summed E-state index contributed by atoms with van der Waals surface area (Å²) in [5.41, 5.74) is 0. The smallest absolute Gasteiger partial charge is 0.225 e. The molecule has 0 amide bonds. The first kappa shape index (κ1) is 13.0. The molecule has 0 N–H and O–H groups in total. The molecule has 0 aliphatic carbocycles. The lowest BCUT2D eigenvalue weighted by Crippen LogP contribution is -2.14. The Hall–Kier alpha value is 0.960. The van der Waals surface area contributed by atoms with Gasteiger partial charge in [-0.15, -0.1) is 18.2 Å². The summed E-state index contributed by atoms with van der Waals surface area (Å²) in [4.78, 5) is 0. The fourth-order valence-electron chi connectivity index (χ4n) is 0.465. The van der Waals surface area contributed by atoms with E-state index in [1.54, 1.807) is 6.08 Å². The van der Waals surface area contributed by atoms with Crippen LogP contribution in [0.5, 0.6) is 0 Å². The molecule has 0 aliphatic rings. The zero-order chi connectivity index (χ0) is 9.40. The number of hydrogen-bond acceptors (Lipinski definition) is 2. The van der Waals surface area contributed by atoms with Crippen molar-refractivity contribution in [2.75, 3.05) is 19.8 Å². The first-order valence-electron chi connectivity index (χ1n) is 3.24. The molecule has 0 aromatic heterocycles. The van der Waals surface area contributed by atoms with E-state index < -0.39 is 6.85 Å². The lowest BCUT2D eigenvalue weighted by Gasteiger charge is -2.09. The van der Waals surface area contributed by atoms with Gasteiger partial charge in [-0.2, -0.15) is 0 Å². The van der Waals surface area contributed by atoms with Crippen molar-refractivity contribution in [1.29, 1.82) is 0 Å². The average Bonchev–Trinajstić information content (AvgIpc) is 2.01. The van der Waals surface area contributed by atoms with Gasteiger partial charge in [-0.3, -0.25) is 0 Å². The third-order valence-corrected chi connectivity index (χ3v) is 2.07. The van der Waals surface area contributed by atoms with E-state index in [-0.39, 0.29) is 5.38 Å². The summed E-state index contributed by atoms with van der Waals surface area (Å²) in [6.45, 7) is 3.32. The van der Waals surface area contributed by atoms with Crippen molar-refractivity contribution in [3.63, 3.8) is 0 Å². The predicted octanol–water partition coefficient (Wildman–Crippen LogP) is 3.52. The molecule has 0 fully saturated rings. The van der Waals surface area contributed by atoms with Gasteiger partial charge in [0.15, 0.2) is 0 Å². The number of rotatable bonds is 7. The minimum atomic E-state index is -1.37.